The molecule has 0 saturated carbocycles. The quantitative estimate of drug-likeness (QED) is 0.805. The van der Waals surface area contributed by atoms with E-state index in [0.29, 0.717) is 11.4 Å². The van der Waals surface area contributed by atoms with Gasteiger partial charge in [-0.25, -0.2) is 4.31 Å². The van der Waals surface area contributed by atoms with Crippen molar-refractivity contribution < 1.29 is 13.2 Å². The van der Waals surface area contributed by atoms with Gasteiger partial charge in [-0.05, 0) is 24.6 Å². The average Bonchev–Trinajstić information content (AvgIpc) is 2.93. The SMILES string of the molecule is COc1cccc(C(C)N(c2cnn(C)c2)S(=O)(=O)N(C)C)c1. The van der Waals surface area contributed by atoms with Crippen molar-refractivity contribution in [3.05, 3.63) is 42.2 Å². The van der Waals surface area contributed by atoms with E-state index in [9.17, 15) is 8.42 Å². The lowest BCUT2D eigenvalue weighted by Crippen LogP contribution is -2.41. The molecule has 126 valence electrons. The van der Waals surface area contributed by atoms with E-state index in [-0.39, 0.29) is 0 Å². The maximum absolute atomic E-state index is 12.8. The Bertz CT molecular complexity index is 771. The Balaban J connectivity index is 2.53. The van der Waals surface area contributed by atoms with Gasteiger partial charge < -0.3 is 4.74 Å². The Kier molecular flexibility index (Phi) is 4.96. The zero-order valence-electron chi connectivity index (χ0n) is 14.0. The predicted molar refractivity (Wildman–Crippen MR) is 89.7 cm³/mol. The van der Waals surface area contributed by atoms with Crippen LogP contribution >= 0.6 is 0 Å². The third kappa shape index (κ3) is 3.48. The molecule has 0 saturated heterocycles. The summed E-state index contributed by atoms with van der Waals surface area (Å²) in [6.07, 6.45) is 3.22. The molecule has 23 heavy (non-hydrogen) atoms. The number of ether oxygens (including phenoxy) is 1. The summed E-state index contributed by atoms with van der Waals surface area (Å²) in [6.45, 7) is 1.84. The minimum Gasteiger partial charge on any atom is -0.497 e. The molecular weight excluding hydrogens is 316 g/mol. The van der Waals surface area contributed by atoms with Gasteiger partial charge in [-0.3, -0.25) is 4.68 Å². The van der Waals surface area contributed by atoms with Crippen molar-refractivity contribution in [3.8, 4) is 5.75 Å². The van der Waals surface area contributed by atoms with Crippen LogP contribution in [-0.4, -0.2) is 43.7 Å². The van der Waals surface area contributed by atoms with Crippen LogP contribution in [0.2, 0.25) is 0 Å². The molecule has 0 aliphatic carbocycles. The highest BCUT2D eigenvalue weighted by Gasteiger charge is 2.31. The monoisotopic (exact) mass is 338 g/mol. The normalized spacial score (nSPS) is 13.1. The zero-order valence-corrected chi connectivity index (χ0v) is 14.8. The molecule has 8 heteroatoms. The number of aromatic nitrogens is 2. The molecular formula is C15H22N4O3S. The number of anilines is 1. The molecule has 1 atom stereocenters. The van der Waals surface area contributed by atoms with Crippen molar-refractivity contribution >= 4 is 15.9 Å². The van der Waals surface area contributed by atoms with Crippen molar-refractivity contribution in [1.29, 1.82) is 0 Å². The first kappa shape index (κ1) is 17.3. The number of benzene rings is 1. The van der Waals surface area contributed by atoms with Crippen molar-refractivity contribution in [3.63, 3.8) is 0 Å². The summed E-state index contributed by atoms with van der Waals surface area (Å²) in [7, 11) is 2.68. The third-order valence-corrected chi connectivity index (χ3v) is 5.53. The third-order valence-electron chi connectivity index (χ3n) is 3.58. The lowest BCUT2D eigenvalue weighted by Gasteiger charge is -2.31. The van der Waals surface area contributed by atoms with Gasteiger partial charge in [0, 0.05) is 27.3 Å². The average molecular weight is 338 g/mol. The molecule has 1 aromatic carbocycles. The van der Waals surface area contributed by atoms with E-state index >= 15 is 0 Å². The second kappa shape index (κ2) is 6.59. The van der Waals surface area contributed by atoms with Crippen LogP contribution in [0.25, 0.3) is 0 Å². The minimum atomic E-state index is -3.67. The van der Waals surface area contributed by atoms with Crippen LogP contribution in [0.3, 0.4) is 0 Å². The van der Waals surface area contributed by atoms with Crippen molar-refractivity contribution in [2.45, 2.75) is 13.0 Å². The van der Waals surface area contributed by atoms with Crippen LogP contribution in [0, 0.1) is 0 Å². The maximum atomic E-state index is 12.8. The molecule has 2 aromatic rings. The summed E-state index contributed by atoms with van der Waals surface area (Å²) >= 11 is 0. The first-order valence-corrected chi connectivity index (χ1v) is 8.51. The molecule has 0 spiro atoms. The van der Waals surface area contributed by atoms with Crippen LogP contribution in [0.15, 0.2) is 36.7 Å². The summed E-state index contributed by atoms with van der Waals surface area (Å²) in [5, 5.41) is 4.09. The lowest BCUT2D eigenvalue weighted by molar-refractivity contribution is 0.414. The van der Waals surface area contributed by atoms with Gasteiger partial charge in [0.1, 0.15) is 5.75 Å². The Morgan fingerprint density at radius 2 is 2.00 bits per heavy atom. The van der Waals surface area contributed by atoms with E-state index in [4.69, 9.17) is 4.74 Å². The molecule has 0 aliphatic rings. The van der Waals surface area contributed by atoms with E-state index in [1.165, 1.54) is 28.9 Å². The van der Waals surface area contributed by atoms with Gasteiger partial charge in [-0.2, -0.15) is 17.8 Å². The number of aryl methyl sites for hydroxylation is 1. The summed E-state index contributed by atoms with van der Waals surface area (Å²) in [6, 6.07) is 6.96. The Morgan fingerprint density at radius 1 is 1.30 bits per heavy atom. The van der Waals surface area contributed by atoms with Gasteiger partial charge in [0.25, 0.3) is 0 Å². The Hall–Kier alpha value is -2.06. The number of methoxy groups -OCH3 is 1. The van der Waals surface area contributed by atoms with Crippen molar-refractivity contribution in [1.82, 2.24) is 14.1 Å². The summed E-state index contributed by atoms with van der Waals surface area (Å²) in [5.74, 6) is 0.683. The summed E-state index contributed by atoms with van der Waals surface area (Å²) in [5.41, 5.74) is 1.34. The highest BCUT2D eigenvalue weighted by atomic mass is 32.2. The molecule has 0 bridgehead atoms. The Labute approximate surface area is 137 Å². The van der Waals surface area contributed by atoms with Crippen LogP contribution in [0.4, 0.5) is 5.69 Å². The first-order valence-electron chi connectivity index (χ1n) is 7.12. The van der Waals surface area contributed by atoms with Gasteiger partial charge in [0.2, 0.25) is 0 Å². The molecule has 1 heterocycles. The van der Waals surface area contributed by atoms with Gasteiger partial charge >= 0.3 is 10.2 Å². The standard InChI is InChI=1S/C15H22N4O3S/c1-12(13-7-6-8-15(9-13)22-5)19(23(20,21)17(2)3)14-10-16-18(4)11-14/h6-12H,1-5H3. The number of nitrogens with zero attached hydrogens (tertiary/aromatic N) is 4. The zero-order chi connectivity index (χ0) is 17.2. The van der Waals surface area contributed by atoms with Crippen LogP contribution < -0.4 is 9.04 Å². The van der Waals surface area contributed by atoms with Gasteiger partial charge in [-0.15, -0.1) is 0 Å². The van der Waals surface area contributed by atoms with Gasteiger partial charge in [0.05, 0.1) is 25.0 Å². The fourth-order valence-corrected chi connectivity index (χ4v) is 3.53. The van der Waals surface area contributed by atoms with E-state index in [1.54, 1.807) is 25.0 Å². The number of hydrogen-bond acceptors (Lipinski definition) is 4. The summed E-state index contributed by atoms with van der Waals surface area (Å²) < 4.78 is 34.9. The van der Waals surface area contributed by atoms with Crippen LogP contribution in [0.5, 0.6) is 5.75 Å². The van der Waals surface area contributed by atoms with Gasteiger partial charge in [0.15, 0.2) is 0 Å². The molecule has 7 nitrogen and oxygen atoms in total. The molecule has 0 N–H and O–H groups in total. The fourth-order valence-electron chi connectivity index (χ4n) is 2.29. The van der Waals surface area contributed by atoms with E-state index in [2.05, 4.69) is 5.10 Å². The van der Waals surface area contributed by atoms with Crippen molar-refractivity contribution in [2.75, 3.05) is 25.5 Å². The minimum absolute atomic E-state index is 0.415. The number of hydrogen-bond donors (Lipinski definition) is 0. The topological polar surface area (TPSA) is 67.7 Å². The lowest BCUT2D eigenvalue weighted by atomic mass is 10.1. The van der Waals surface area contributed by atoms with E-state index in [1.807, 2.05) is 31.2 Å². The highest BCUT2D eigenvalue weighted by molar-refractivity contribution is 7.90. The highest BCUT2D eigenvalue weighted by Crippen LogP contribution is 2.31. The maximum Gasteiger partial charge on any atom is 0.304 e. The second-order valence-electron chi connectivity index (χ2n) is 5.41. The molecule has 0 amide bonds. The van der Waals surface area contributed by atoms with E-state index in [0.717, 1.165) is 5.56 Å². The van der Waals surface area contributed by atoms with Crippen molar-refractivity contribution in [2.24, 2.45) is 7.05 Å². The second-order valence-corrected chi connectivity index (χ2v) is 7.43. The smallest absolute Gasteiger partial charge is 0.304 e. The van der Waals surface area contributed by atoms with Gasteiger partial charge in [-0.1, -0.05) is 12.1 Å². The molecule has 1 aromatic heterocycles. The Morgan fingerprint density at radius 3 is 2.52 bits per heavy atom. The largest absolute Gasteiger partial charge is 0.497 e. The molecule has 0 fully saturated rings. The molecule has 0 radical (unpaired) electrons. The number of rotatable bonds is 6. The molecule has 0 aliphatic heterocycles. The van der Waals surface area contributed by atoms with Crippen LogP contribution in [0.1, 0.15) is 18.5 Å². The fraction of sp³-hybridized carbons (Fsp3) is 0.400. The van der Waals surface area contributed by atoms with Crippen LogP contribution in [-0.2, 0) is 17.3 Å². The van der Waals surface area contributed by atoms with E-state index < -0.39 is 16.3 Å². The molecule has 2 rings (SSSR count). The first-order chi connectivity index (χ1) is 10.8. The molecule has 1 unspecified atom stereocenters. The predicted octanol–water partition coefficient (Wildman–Crippen LogP) is 1.80. The summed E-state index contributed by atoms with van der Waals surface area (Å²) in [4.78, 5) is 0.